The minimum Gasteiger partial charge on any atom is -0.449 e. The van der Waals surface area contributed by atoms with Crippen LogP contribution in [0.5, 0.6) is 0 Å². The Morgan fingerprint density at radius 2 is 1.46 bits per heavy atom. The molecule has 3 aliphatic rings. The molecule has 0 saturated carbocycles. The number of hydrogen-bond donors (Lipinski definition) is 2. The monoisotopic (exact) mass is 497 g/mol. The van der Waals surface area contributed by atoms with Gasteiger partial charge in [0.25, 0.3) is 0 Å². The van der Waals surface area contributed by atoms with Crippen molar-refractivity contribution in [2.24, 2.45) is 5.73 Å². The molecule has 2 atom stereocenters. The molecule has 2 aliphatic heterocycles. The van der Waals surface area contributed by atoms with E-state index in [0.717, 1.165) is 17.7 Å². The molecule has 2 saturated heterocycles. The van der Waals surface area contributed by atoms with Gasteiger partial charge in [0.05, 0.1) is 13.2 Å². The van der Waals surface area contributed by atoms with Crippen LogP contribution in [0, 0.1) is 0 Å². The van der Waals surface area contributed by atoms with Gasteiger partial charge < -0.3 is 20.5 Å². The summed E-state index contributed by atoms with van der Waals surface area (Å²) in [6.07, 6.45) is 0.155. The normalized spacial score (nSPS) is 24.6. The molecule has 0 spiro atoms. The first-order chi connectivity index (χ1) is 18.0. The van der Waals surface area contributed by atoms with E-state index in [0.29, 0.717) is 26.1 Å². The van der Waals surface area contributed by atoms with Gasteiger partial charge in [0.1, 0.15) is 12.1 Å². The zero-order chi connectivity index (χ0) is 25.4. The van der Waals surface area contributed by atoms with Crippen molar-refractivity contribution < 1.29 is 19.1 Å². The SMILES string of the molecule is NC(=O)C1(NC(=O)OCC2c3ccccc3-c3ccccc32)CC2COCC(C1)N2Cc1ccccc1. The van der Waals surface area contributed by atoms with Crippen LogP contribution in [-0.2, 0) is 20.8 Å². The van der Waals surface area contributed by atoms with Crippen molar-refractivity contribution in [3.63, 3.8) is 0 Å². The van der Waals surface area contributed by atoms with Crippen molar-refractivity contribution in [3.05, 3.63) is 95.6 Å². The highest BCUT2D eigenvalue weighted by atomic mass is 16.5. The van der Waals surface area contributed by atoms with Crippen molar-refractivity contribution in [1.29, 1.82) is 0 Å². The van der Waals surface area contributed by atoms with E-state index in [1.807, 2.05) is 42.5 Å². The number of fused-ring (bicyclic) bond motifs is 5. The summed E-state index contributed by atoms with van der Waals surface area (Å²) < 4.78 is 11.6. The highest BCUT2D eigenvalue weighted by Gasteiger charge is 2.51. The topological polar surface area (TPSA) is 93.9 Å². The number of benzene rings is 3. The fourth-order valence-corrected chi connectivity index (χ4v) is 6.32. The summed E-state index contributed by atoms with van der Waals surface area (Å²) in [6.45, 7) is 1.93. The molecule has 3 N–H and O–H groups in total. The number of hydrogen-bond acceptors (Lipinski definition) is 5. The smallest absolute Gasteiger partial charge is 0.408 e. The maximum atomic E-state index is 13.1. The highest BCUT2D eigenvalue weighted by Crippen LogP contribution is 2.44. The predicted molar refractivity (Wildman–Crippen MR) is 140 cm³/mol. The fourth-order valence-electron chi connectivity index (χ4n) is 6.32. The second-order valence-electron chi connectivity index (χ2n) is 10.3. The van der Waals surface area contributed by atoms with E-state index in [2.05, 4.69) is 46.6 Å². The third-order valence-corrected chi connectivity index (χ3v) is 8.09. The molecule has 3 aromatic carbocycles. The number of amides is 2. The quantitative estimate of drug-likeness (QED) is 0.540. The summed E-state index contributed by atoms with van der Waals surface area (Å²) >= 11 is 0. The Labute approximate surface area is 216 Å². The van der Waals surface area contributed by atoms with Gasteiger partial charge >= 0.3 is 6.09 Å². The Morgan fingerprint density at radius 1 is 0.892 bits per heavy atom. The van der Waals surface area contributed by atoms with Gasteiger partial charge in [0, 0.05) is 24.5 Å². The number of nitrogens with two attached hydrogens (primary N) is 1. The first-order valence-electron chi connectivity index (χ1n) is 12.8. The first kappa shape index (κ1) is 23.7. The zero-order valence-corrected chi connectivity index (χ0v) is 20.6. The lowest BCUT2D eigenvalue weighted by molar-refractivity contribution is -0.138. The molecule has 2 fully saturated rings. The summed E-state index contributed by atoms with van der Waals surface area (Å²) in [6, 6.07) is 26.6. The number of piperidine rings is 1. The van der Waals surface area contributed by atoms with Gasteiger partial charge in [-0.05, 0) is 40.7 Å². The van der Waals surface area contributed by atoms with E-state index in [1.165, 1.54) is 16.7 Å². The van der Waals surface area contributed by atoms with E-state index in [4.69, 9.17) is 15.2 Å². The molecule has 2 bridgehead atoms. The van der Waals surface area contributed by atoms with E-state index in [1.54, 1.807) is 0 Å². The van der Waals surface area contributed by atoms with Crippen LogP contribution in [0.1, 0.15) is 35.4 Å². The van der Waals surface area contributed by atoms with Gasteiger partial charge in [-0.2, -0.15) is 0 Å². The van der Waals surface area contributed by atoms with Crippen LogP contribution in [0.3, 0.4) is 0 Å². The molecule has 6 rings (SSSR count). The van der Waals surface area contributed by atoms with Crippen LogP contribution in [-0.4, -0.2) is 54.3 Å². The van der Waals surface area contributed by atoms with Crippen molar-refractivity contribution in [2.45, 2.75) is 42.9 Å². The molecule has 2 unspecified atom stereocenters. The Morgan fingerprint density at radius 3 is 2.05 bits per heavy atom. The number of primary amides is 1. The van der Waals surface area contributed by atoms with Crippen molar-refractivity contribution in [2.75, 3.05) is 19.8 Å². The summed E-state index contributed by atoms with van der Waals surface area (Å²) in [4.78, 5) is 28.3. The molecular weight excluding hydrogens is 466 g/mol. The lowest BCUT2D eigenvalue weighted by atomic mass is 9.77. The fraction of sp³-hybridized carbons (Fsp3) is 0.333. The average molecular weight is 498 g/mol. The molecule has 0 aromatic heterocycles. The number of rotatable bonds is 6. The third kappa shape index (κ3) is 4.38. The Kier molecular flexibility index (Phi) is 6.18. The van der Waals surface area contributed by atoms with E-state index in [9.17, 15) is 9.59 Å². The van der Waals surface area contributed by atoms with Crippen LogP contribution in [0.2, 0.25) is 0 Å². The zero-order valence-electron chi connectivity index (χ0n) is 20.6. The molecule has 190 valence electrons. The van der Waals surface area contributed by atoms with Crippen LogP contribution < -0.4 is 11.1 Å². The first-order valence-corrected chi connectivity index (χ1v) is 12.8. The lowest BCUT2D eigenvalue weighted by Crippen LogP contribution is -2.70. The van der Waals surface area contributed by atoms with Gasteiger partial charge in [-0.25, -0.2) is 4.79 Å². The second-order valence-corrected chi connectivity index (χ2v) is 10.3. The summed E-state index contributed by atoms with van der Waals surface area (Å²) in [5, 5.41) is 2.90. The molecule has 0 radical (unpaired) electrons. The largest absolute Gasteiger partial charge is 0.449 e. The van der Waals surface area contributed by atoms with Crippen LogP contribution in [0.4, 0.5) is 4.79 Å². The molecule has 37 heavy (non-hydrogen) atoms. The molecule has 2 heterocycles. The summed E-state index contributed by atoms with van der Waals surface area (Å²) in [7, 11) is 0. The number of nitrogens with one attached hydrogen (secondary N) is 1. The molecule has 7 nitrogen and oxygen atoms in total. The van der Waals surface area contributed by atoms with Gasteiger partial charge in [-0.3, -0.25) is 9.69 Å². The number of morpholine rings is 1. The lowest BCUT2D eigenvalue weighted by Gasteiger charge is -2.52. The maximum Gasteiger partial charge on any atom is 0.408 e. The minimum absolute atomic E-state index is 0.0332. The molecule has 7 heteroatoms. The van der Waals surface area contributed by atoms with Gasteiger partial charge in [0.2, 0.25) is 5.91 Å². The molecule has 3 aromatic rings. The average Bonchev–Trinajstić information content (AvgIpc) is 3.22. The Bertz CT molecular complexity index is 1250. The van der Waals surface area contributed by atoms with Crippen molar-refractivity contribution >= 4 is 12.0 Å². The predicted octanol–water partition coefficient (Wildman–Crippen LogP) is 3.81. The number of carbonyl (C=O) groups is 2. The van der Waals surface area contributed by atoms with E-state index >= 15 is 0 Å². The second kappa shape index (κ2) is 9.65. The molecular formula is C30H31N3O4. The van der Waals surface area contributed by atoms with Crippen molar-refractivity contribution in [3.8, 4) is 11.1 Å². The maximum absolute atomic E-state index is 13.1. The Hall–Kier alpha value is -3.68. The van der Waals surface area contributed by atoms with Crippen LogP contribution in [0.15, 0.2) is 78.9 Å². The van der Waals surface area contributed by atoms with E-state index < -0.39 is 17.5 Å². The van der Waals surface area contributed by atoms with Crippen molar-refractivity contribution in [1.82, 2.24) is 10.2 Å². The number of carbonyl (C=O) groups excluding carboxylic acids is 2. The molecule has 2 amide bonds. The van der Waals surface area contributed by atoms with E-state index in [-0.39, 0.29) is 24.6 Å². The van der Waals surface area contributed by atoms with Crippen LogP contribution in [0.25, 0.3) is 11.1 Å². The summed E-state index contributed by atoms with van der Waals surface area (Å²) in [5.41, 5.74) is 10.6. The van der Waals surface area contributed by atoms with Gasteiger partial charge in [-0.1, -0.05) is 78.9 Å². The standard InChI is InChI=1S/C30H31N3O4/c31-28(34)30(14-21-17-36-18-22(15-30)33(21)16-20-8-2-1-3-9-20)32-29(35)37-19-27-25-12-6-4-10-23(25)24-11-5-7-13-26(24)27/h1-13,21-22,27H,14-19H2,(H2,31,34)(H,32,35). The number of alkyl carbamates (subject to hydrolysis) is 1. The van der Waals surface area contributed by atoms with Crippen LogP contribution >= 0.6 is 0 Å². The summed E-state index contributed by atoms with van der Waals surface area (Å²) in [5.74, 6) is -0.583. The third-order valence-electron chi connectivity index (χ3n) is 8.09. The number of nitrogens with zero attached hydrogens (tertiary/aromatic N) is 1. The highest BCUT2D eigenvalue weighted by molar-refractivity contribution is 5.89. The Balaban J connectivity index is 1.16. The number of ether oxygens (including phenoxy) is 2. The minimum atomic E-state index is -1.17. The van der Waals surface area contributed by atoms with Gasteiger partial charge in [0.15, 0.2) is 0 Å². The van der Waals surface area contributed by atoms with Gasteiger partial charge in [-0.15, -0.1) is 0 Å². The molecule has 1 aliphatic carbocycles.